The minimum Gasteiger partial charge on any atom is -0.493 e. The summed E-state index contributed by atoms with van der Waals surface area (Å²) in [5, 5.41) is 2.98. The number of hydrogen-bond acceptors (Lipinski definition) is 4. The van der Waals surface area contributed by atoms with E-state index in [4.69, 9.17) is 9.47 Å². The fourth-order valence-electron chi connectivity index (χ4n) is 2.93. The number of carbonyl (C=O) groups is 1. The van der Waals surface area contributed by atoms with E-state index >= 15 is 0 Å². The second kappa shape index (κ2) is 12.8. The molecule has 0 bridgehead atoms. The Kier molecular flexibility index (Phi) is 9.91. The predicted octanol–water partition coefficient (Wildman–Crippen LogP) is 5.04. The molecule has 0 aliphatic heterocycles. The summed E-state index contributed by atoms with van der Waals surface area (Å²) >= 11 is 0. The number of methoxy groups -OCH3 is 1. The number of unbranched alkanes of at least 4 members (excludes halogenated alkanes) is 5. The molecule has 2 aromatic rings. The molecule has 5 heteroatoms. The number of amides is 1. The normalized spacial score (nSPS) is 10.5. The number of benzene rings is 1. The summed E-state index contributed by atoms with van der Waals surface area (Å²) in [4.78, 5) is 16.3. The number of carbonyl (C=O) groups excluding carboxylic acids is 1. The Morgan fingerprint density at radius 2 is 1.86 bits per heavy atom. The molecule has 1 heterocycles. The van der Waals surface area contributed by atoms with Crippen molar-refractivity contribution in [3.63, 3.8) is 0 Å². The number of ether oxygens (including phenoxy) is 2. The second-order valence-electron chi connectivity index (χ2n) is 6.89. The molecule has 28 heavy (non-hydrogen) atoms. The number of rotatable bonds is 13. The molecule has 0 saturated carbocycles. The topological polar surface area (TPSA) is 60.5 Å². The molecular weight excluding hydrogens is 352 g/mol. The van der Waals surface area contributed by atoms with Gasteiger partial charge in [0, 0.05) is 19.2 Å². The van der Waals surface area contributed by atoms with Gasteiger partial charge in [-0.3, -0.25) is 9.78 Å². The van der Waals surface area contributed by atoms with Crippen LogP contribution in [0, 0.1) is 0 Å². The molecule has 0 radical (unpaired) electrons. The predicted molar refractivity (Wildman–Crippen MR) is 111 cm³/mol. The molecule has 1 N–H and O–H groups in total. The average molecular weight is 385 g/mol. The van der Waals surface area contributed by atoms with Crippen molar-refractivity contribution < 1.29 is 14.3 Å². The lowest BCUT2D eigenvalue weighted by molar-refractivity contribution is -0.121. The van der Waals surface area contributed by atoms with E-state index in [1.165, 1.54) is 25.7 Å². The summed E-state index contributed by atoms with van der Waals surface area (Å²) in [5.41, 5.74) is 1.84. The van der Waals surface area contributed by atoms with Crippen molar-refractivity contribution in [1.29, 1.82) is 0 Å². The Balaban J connectivity index is 1.75. The monoisotopic (exact) mass is 384 g/mol. The Labute approximate surface area is 168 Å². The van der Waals surface area contributed by atoms with Crippen molar-refractivity contribution in [3.8, 4) is 11.5 Å². The average Bonchev–Trinajstić information content (AvgIpc) is 2.74. The van der Waals surface area contributed by atoms with Gasteiger partial charge in [0.25, 0.3) is 0 Å². The van der Waals surface area contributed by atoms with Crippen molar-refractivity contribution in [2.45, 2.75) is 65.0 Å². The largest absolute Gasteiger partial charge is 0.493 e. The highest BCUT2D eigenvalue weighted by molar-refractivity contribution is 5.75. The van der Waals surface area contributed by atoms with E-state index in [1.54, 1.807) is 13.3 Å². The molecule has 0 aliphatic rings. The van der Waals surface area contributed by atoms with Gasteiger partial charge in [-0.1, -0.05) is 51.2 Å². The number of nitrogens with one attached hydrogen (secondary N) is 1. The first-order valence-electron chi connectivity index (χ1n) is 10.2. The van der Waals surface area contributed by atoms with E-state index in [-0.39, 0.29) is 5.91 Å². The highest BCUT2D eigenvalue weighted by Crippen LogP contribution is 2.28. The van der Waals surface area contributed by atoms with E-state index < -0.39 is 0 Å². The molecule has 0 aliphatic carbocycles. The van der Waals surface area contributed by atoms with Crippen LogP contribution in [0.1, 0.15) is 63.1 Å². The van der Waals surface area contributed by atoms with Crippen molar-refractivity contribution in [3.05, 3.63) is 53.9 Å². The van der Waals surface area contributed by atoms with Gasteiger partial charge in [-0.25, -0.2) is 0 Å². The summed E-state index contributed by atoms with van der Waals surface area (Å²) in [5.74, 6) is 1.42. The second-order valence-corrected chi connectivity index (χ2v) is 6.89. The smallest absolute Gasteiger partial charge is 0.220 e. The van der Waals surface area contributed by atoms with Crippen LogP contribution in [-0.2, 0) is 17.9 Å². The lowest BCUT2D eigenvalue weighted by Gasteiger charge is -2.12. The quantitative estimate of drug-likeness (QED) is 0.492. The molecule has 0 fully saturated rings. The van der Waals surface area contributed by atoms with E-state index in [0.717, 1.165) is 24.1 Å². The molecule has 152 valence electrons. The maximum absolute atomic E-state index is 12.0. The number of nitrogens with zero attached hydrogens (tertiary/aromatic N) is 1. The highest BCUT2D eigenvalue weighted by Gasteiger charge is 2.08. The van der Waals surface area contributed by atoms with Crippen molar-refractivity contribution in [2.24, 2.45) is 0 Å². The van der Waals surface area contributed by atoms with Gasteiger partial charge < -0.3 is 14.8 Å². The number of aromatic nitrogens is 1. The summed E-state index contributed by atoms with van der Waals surface area (Å²) in [6.45, 7) is 3.08. The SMILES string of the molecule is CCCCCCCCC(=O)NCc1ccc(OCc2ccccn2)c(OC)c1. The third-order valence-electron chi connectivity index (χ3n) is 4.58. The van der Waals surface area contributed by atoms with Crippen LogP contribution in [0.4, 0.5) is 0 Å². The van der Waals surface area contributed by atoms with Gasteiger partial charge in [-0.15, -0.1) is 0 Å². The lowest BCUT2D eigenvalue weighted by Crippen LogP contribution is -2.22. The molecule has 1 amide bonds. The first-order chi connectivity index (χ1) is 13.7. The Morgan fingerprint density at radius 3 is 2.61 bits per heavy atom. The van der Waals surface area contributed by atoms with Crippen molar-refractivity contribution in [1.82, 2.24) is 10.3 Å². The van der Waals surface area contributed by atoms with E-state index in [1.807, 2.05) is 36.4 Å². The Hall–Kier alpha value is -2.56. The first kappa shape index (κ1) is 21.7. The molecule has 0 spiro atoms. The van der Waals surface area contributed by atoms with Gasteiger partial charge in [0.15, 0.2) is 11.5 Å². The van der Waals surface area contributed by atoms with Crippen LogP contribution in [0.3, 0.4) is 0 Å². The zero-order valence-corrected chi connectivity index (χ0v) is 17.1. The van der Waals surface area contributed by atoms with Crippen LogP contribution in [0.25, 0.3) is 0 Å². The van der Waals surface area contributed by atoms with Gasteiger partial charge in [0.1, 0.15) is 6.61 Å². The van der Waals surface area contributed by atoms with Crippen molar-refractivity contribution in [2.75, 3.05) is 7.11 Å². The summed E-state index contributed by atoms with van der Waals surface area (Å²) in [7, 11) is 1.61. The van der Waals surface area contributed by atoms with Crippen LogP contribution < -0.4 is 14.8 Å². The zero-order chi connectivity index (χ0) is 20.0. The van der Waals surface area contributed by atoms with Gasteiger partial charge in [0.05, 0.1) is 12.8 Å². The number of pyridine rings is 1. The number of hydrogen-bond donors (Lipinski definition) is 1. The van der Waals surface area contributed by atoms with Crippen LogP contribution >= 0.6 is 0 Å². The van der Waals surface area contributed by atoms with Gasteiger partial charge in [-0.2, -0.15) is 0 Å². The van der Waals surface area contributed by atoms with Crippen LogP contribution in [-0.4, -0.2) is 18.0 Å². The van der Waals surface area contributed by atoms with Gasteiger partial charge in [0.2, 0.25) is 5.91 Å². The maximum atomic E-state index is 12.0. The van der Waals surface area contributed by atoms with Gasteiger partial charge >= 0.3 is 0 Å². The Bertz CT molecular complexity index is 704. The third-order valence-corrected chi connectivity index (χ3v) is 4.58. The zero-order valence-electron chi connectivity index (χ0n) is 17.1. The minimum absolute atomic E-state index is 0.102. The first-order valence-corrected chi connectivity index (χ1v) is 10.2. The fourth-order valence-corrected chi connectivity index (χ4v) is 2.93. The van der Waals surface area contributed by atoms with E-state index in [0.29, 0.717) is 31.1 Å². The highest BCUT2D eigenvalue weighted by atomic mass is 16.5. The van der Waals surface area contributed by atoms with E-state index in [9.17, 15) is 4.79 Å². The van der Waals surface area contributed by atoms with E-state index in [2.05, 4.69) is 17.2 Å². The molecule has 0 atom stereocenters. The molecule has 5 nitrogen and oxygen atoms in total. The Morgan fingerprint density at radius 1 is 1.04 bits per heavy atom. The standard InChI is InChI=1S/C23H32N2O3/c1-3-4-5-6-7-8-12-23(26)25-17-19-13-14-21(22(16-19)27-2)28-18-20-11-9-10-15-24-20/h9-11,13-16H,3-8,12,17-18H2,1-2H3,(H,25,26). The van der Waals surface area contributed by atoms with Crippen LogP contribution in [0.2, 0.25) is 0 Å². The van der Waals surface area contributed by atoms with Crippen LogP contribution in [0.15, 0.2) is 42.6 Å². The maximum Gasteiger partial charge on any atom is 0.220 e. The van der Waals surface area contributed by atoms with Gasteiger partial charge in [-0.05, 0) is 36.2 Å². The summed E-state index contributed by atoms with van der Waals surface area (Å²) in [6, 6.07) is 11.4. The van der Waals surface area contributed by atoms with Crippen LogP contribution in [0.5, 0.6) is 11.5 Å². The lowest BCUT2D eigenvalue weighted by atomic mass is 10.1. The van der Waals surface area contributed by atoms with Crippen molar-refractivity contribution >= 4 is 5.91 Å². The molecule has 1 aromatic heterocycles. The molecule has 0 unspecified atom stereocenters. The molecular formula is C23H32N2O3. The summed E-state index contributed by atoms with van der Waals surface area (Å²) in [6.07, 6.45) is 9.45. The molecule has 0 saturated heterocycles. The minimum atomic E-state index is 0.102. The molecule has 1 aromatic carbocycles. The fraction of sp³-hybridized carbons (Fsp3) is 0.478. The third kappa shape index (κ3) is 7.99. The summed E-state index contributed by atoms with van der Waals surface area (Å²) < 4.78 is 11.2. The molecule has 2 rings (SSSR count).